The van der Waals surface area contributed by atoms with Crippen molar-refractivity contribution in [3.63, 3.8) is 0 Å². The van der Waals surface area contributed by atoms with Crippen LogP contribution in [-0.4, -0.2) is 49.0 Å². The highest BCUT2D eigenvalue weighted by molar-refractivity contribution is 14.1. The molecule has 1 amide bonds. The lowest BCUT2D eigenvalue weighted by Gasteiger charge is -2.30. The van der Waals surface area contributed by atoms with Crippen LogP contribution in [0.15, 0.2) is 41.2 Å². The van der Waals surface area contributed by atoms with Gasteiger partial charge in [0.15, 0.2) is 5.75 Å². The Balaban J connectivity index is 1.84. The highest BCUT2D eigenvalue weighted by Gasteiger charge is 2.32. The van der Waals surface area contributed by atoms with Crippen molar-refractivity contribution in [1.29, 1.82) is 0 Å². The summed E-state index contributed by atoms with van der Waals surface area (Å²) < 4.78 is 89.8. The molecule has 4 rings (SSSR count). The van der Waals surface area contributed by atoms with Gasteiger partial charge in [-0.05, 0) is 66.3 Å². The SMILES string of the molecule is Cc1c(Oc2cccc(NS(=O)(=O)N3CCC3)c2Cl)c(C(=O)NCC(F)(F)F)c(Nc2ccc(I)cc2F)n(C)c1=O. The minimum Gasteiger partial charge on any atom is -0.454 e. The Hall–Kier alpha value is -3.09. The summed E-state index contributed by atoms with van der Waals surface area (Å²) in [6.07, 6.45) is -4.07. The summed E-state index contributed by atoms with van der Waals surface area (Å²) in [5.41, 5.74) is -1.72. The molecule has 17 heteroatoms. The molecular weight excluding hydrogens is 721 g/mol. The summed E-state index contributed by atoms with van der Waals surface area (Å²) in [6, 6.07) is 8.07. The van der Waals surface area contributed by atoms with Gasteiger partial charge in [-0.25, -0.2) is 4.39 Å². The van der Waals surface area contributed by atoms with Gasteiger partial charge in [-0.2, -0.15) is 25.9 Å². The first kappa shape index (κ1) is 31.8. The van der Waals surface area contributed by atoms with Gasteiger partial charge < -0.3 is 15.4 Å². The van der Waals surface area contributed by atoms with E-state index < -0.39 is 51.5 Å². The normalized spacial score (nSPS) is 13.8. The molecule has 0 atom stereocenters. The number of nitrogens with zero attached hydrogens (tertiary/aromatic N) is 2. The van der Waals surface area contributed by atoms with E-state index in [9.17, 15) is 35.6 Å². The lowest BCUT2D eigenvalue weighted by molar-refractivity contribution is -0.123. The van der Waals surface area contributed by atoms with Crippen molar-refractivity contribution >= 4 is 67.5 Å². The fourth-order valence-electron chi connectivity index (χ4n) is 3.89. The number of carbonyl (C=O) groups excluding carboxylic acids is 1. The number of ether oxygens (including phenoxy) is 1. The number of carbonyl (C=O) groups is 1. The molecule has 3 aromatic rings. The first-order valence-corrected chi connectivity index (χ1v) is 15.0. The van der Waals surface area contributed by atoms with Crippen LogP contribution in [0.3, 0.4) is 0 Å². The van der Waals surface area contributed by atoms with Crippen molar-refractivity contribution in [2.45, 2.75) is 19.5 Å². The minimum atomic E-state index is -4.77. The van der Waals surface area contributed by atoms with Crippen LogP contribution < -0.4 is 25.7 Å². The number of alkyl halides is 3. The predicted molar refractivity (Wildman–Crippen MR) is 157 cm³/mol. The van der Waals surface area contributed by atoms with Gasteiger partial charge in [-0.3, -0.25) is 18.9 Å². The molecule has 0 saturated carbocycles. The molecule has 1 fully saturated rings. The molecule has 0 unspecified atom stereocenters. The van der Waals surface area contributed by atoms with Gasteiger partial charge in [0.25, 0.3) is 11.5 Å². The molecule has 3 N–H and O–H groups in total. The zero-order valence-corrected chi connectivity index (χ0v) is 25.6. The van der Waals surface area contributed by atoms with Gasteiger partial charge in [0.2, 0.25) is 0 Å². The quantitative estimate of drug-likeness (QED) is 0.203. The van der Waals surface area contributed by atoms with Gasteiger partial charge in [-0.15, -0.1) is 0 Å². The zero-order chi connectivity index (χ0) is 31.0. The Kier molecular flexibility index (Phi) is 9.29. The van der Waals surface area contributed by atoms with Crippen LogP contribution >= 0.6 is 34.2 Å². The van der Waals surface area contributed by atoms with E-state index in [1.165, 1.54) is 54.7 Å². The van der Waals surface area contributed by atoms with Crippen molar-refractivity contribution in [3.8, 4) is 11.5 Å². The van der Waals surface area contributed by atoms with Crippen LogP contribution in [0.5, 0.6) is 11.5 Å². The average molecular weight is 744 g/mol. The van der Waals surface area contributed by atoms with Crippen LogP contribution in [-0.2, 0) is 17.3 Å². The maximum atomic E-state index is 14.7. The van der Waals surface area contributed by atoms with E-state index in [1.54, 1.807) is 5.32 Å². The second kappa shape index (κ2) is 12.3. The van der Waals surface area contributed by atoms with Crippen LogP contribution in [0.25, 0.3) is 0 Å². The number of halogens is 6. The van der Waals surface area contributed by atoms with E-state index in [1.807, 2.05) is 22.6 Å². The summed E-state index contributed by atoms with van der Waals surface area (Å²) >= 11 is 8.32. The summed E-state index contributed by atoms with van der Waals surface area (Å²) in [5, 5.41) is 4.12. The van der Waals surface area contributed by atoms with E-state index in [4.69, 9.17) is 16.3 Å². The lowest BCUT2D eigenvalue weighted by Crippen LogP contribution is -2.45. The average Bonchev–Trinajstić information content (AvgIpc) is 2.85. The maximum absolute atomic E-state index is 14.7. The van der Waals surface area contributed by atoms with Crippen LogP contribution in [0, 0.1) is 16.3 Å². The van der Waals surface area contributed by atoms with Crippen LogP contribution in [0.1, 0.15) is 22.3 Å². The Morgan fingerprint density at radius 1 is 1.17 bits per heavy atom. The maximum Gasteiger partial charge on any atom is 0.405 e. The molecule has 10 nitrogen and oxygen atoms in total. The van der Waals surface area contributed by atoms with E-state index in [0.29, 0.717) is 23.1 Å². The number of nitrogens with one attached hydrogen (secondary N) is 3. The molecule has 0 aliphatic carbocycles. The molecule has 0 bridgehead atoms. The third-order valence-electron chi connectivity index (χ3n) is 6.20. The van der Waals surface area contributed by atoms with E-state index >= 15 is 0 Å². The Labute approximate surface area is 256 Å². The molecule has 1 aliphatic heterocycles. The van der Waals surface area contributed by atoms with E-state index in [2.05, 4.69) is 10.0 Å². The first-order valence-electron chi connectivity index (χ1n) is 12.1. The Bertz CT molecular complexity index is 1710. The van der Waals surface area contributed by atoms with Gasteiger partial charge in [-0.1, -0.05) is 17.7 Å². The van der Waals surface area contributed by atoms with Crippen molar-refractivity contribution < 1.29 is 35.5 Å². The van der Waals surface area contributed by atoms with Gasteiger partial charge >= 0.3 is 16.4 Å². The molecule has 0 spiro atoms. The summed E-state index contributed by atoms with van der Waals surface area (Å²) in [6.45, 7) is 0.211. The van der Waals surface area contributed by atoms with Gasteiger partial charge in [0.05, 0.1) is 16.9 Å². The predicted octanol–water partition coefficient (Wildman–Crippen LogP) is 5.28. The molecule has 2 aromatic carbocycles. The summed E-state index contributed by atoms with van der Waals surface area (Å²) in [7, 11) is -2.69. The highest BCUT2D eigenvalue weighted by atomic mass is 127. The monoisotopic (exact) mass is 743 g/mol. The van der Waals surface area contributed by atoms with Crippen molar-refractivity contribution in [2.75, 3.05) is 29.7 Å². The van der Waals surface area contributed by atoms with E-state index in [0.717, 1.165) is 4.57 Å². The summed E-state index contributed by atoms with van der Waals surface area (Å²) in [5.74, 6) is -3.11. The van der Waals surface area contributed by atoms with E-state index in [-0.39, 0.29) is 33.5 Å². The number of hydrogen-bond donors (Lipinski definition) is 3. The Morgan fingerprint density at radius 3 is 2.45 bits per heavy atom. The summed E-state index contributed by atoms with van der Waals surface area (Å²) in [4.78, 5) is 26.4. The molecular formula is C25H23ClF4IN5O5S. The minimum absolute atomic E-state index is 0.0788. The number of aromatic nitrogens is 1. The van der Waals surface area contributed by atoms with Crippen molar-refractivity contribution in [1.82, 2.24) is 14.2 Å². The third kappa shape index (κ3) is 6.92. The molecule has 1 saturated heterocycles. The number of pyridine rings is 1. The number of amides is 1. The highest BCUT2D eigenvalue weighted by Crippen LogP contribution is 2.40. The molecule has 0 radical (unpaired) electrons. The first-order chi connectivity index (χ1) is 19.6. The van der Waals surface area contributed by atoms with Crippen molar-refractivity contribution in [2.24, 2.45) is 7.05 Å². The molecule has 226 valence electrons. The third-order valence-corrected chi connectivity index (χ3v) is 8.78. The largest absolute Gasteiger partial charge is 0.454 e. The van der Waals surface area contributed by atoms with Crippen LogP contribution in [0.4, 0.5) is 34.8 Å². The standard InChI is InChI=1S/C25H23ClF4IN5O5S/c1-13-21(41-18-6-3-5-17(20(18)26)34-42(39,40)36-9-4-10-36)19(23(37)32-12-25(28,29)30)22(35(2)24(13)38)33-16-8-7-14(31)11-15(16)27/h3,5-8,11,33-34H,4,9-10,12H2,1-2H3,(H,32,37). The molecule has 1 aliphatic rings. The second-order valence-electron chi connectivity index (χ2n) is 9.17. The van der Waals surface area contributed by atoms with Crippen molar-refractivity contribution in [3.05, 3.63) is 72.3 Å². The number of rotatable bonds is 9. The van der Waals surface area contributed by atoms with Gasteiger partial charge in [0, 0.05) is 23.7 Å². The number of benzene rings is 2. The number of anilines is 3. The molecule has 42 heavy (non-hydrogen) atoms. The zero-order valence-electron chi connectivity index (χ0n) is 21.9. The Morgan fingerprint density at radius 2 is 1.86 bits per heavy atom. The smallest absolute Gasteiger partial charge is 0.405 e. The van der Waals surface area contributed by atoms with Gasteiger partial charge in [0.1, 0.15) is 34.5 Å². The fraction of sp³-hybridized carbons (Fsp3) is 0.280. The molecule has 1 aromatic heterocycles. The van der Waals surface area contributed by atoms with Crippen LogP contribution in [0.2, 0.25) is 5.02 Å². The second-order valence-corrected chi connectivity index (χ2v) is 12.5. The lowest BCUT2D eigenvalue weighted by atomic mass is 10.1. The topological polar surface area (TPSA) is 122 Å². The fourth-order valence-corrected chi connectivity index (χ4v) is 5.93. The number of hydrogen-bond acceptors (Lipinski definition) is 6. The molecule has 2 heterocycles.